The van der Waals surface area contributed by atoms with Crippen LogP contribution < -0.4 is 10.9 Å². The second-order valence-corrected chi connectivity index (χ2v) is 7.84. The van der Waals surface area contributed by atoms with Gasteiger partial charge in [0.2, 0.25) is 6.41 Å². The zero-order chi connectivity index (χ0) is 20.0. The third-order valence-corrected chi connectivity index (χ3v) is 5.39. The Morgan fingerprint density at radius 3 is 2.39 bits per heavy atom. The monoisotopic (exact) mass is 419 g/mol. The number of hydrogen-bond acceptors (Lipinski definition) is 8. The number of aromatic nitrogens is 3. The SMILES string of the molecule is O=CNCCOCCOCCOCCn1[nH]nc(CN2CCS(=O)CC2)c1=O. The van der Waals surface area contributed by atoms with Gasteiger partial charge >= 0.3 is 0 Å². The zero-order valence-corrected chi connectivity index (χ0v) is 16.8. The van der Waals surface area contributed by atoms with Crippen molar-refractivity contribution >= 4 is 17.2 Å². The highest BCUT2D eigenvalue weighted by Gasteiger charge is 2.18. The van der Waals surface area contributed by atoms with Crippen molar-refractivity contribution in [1.82, 2.24) is 25.2 Å². The molecule has 1 aromatic heterocycles. The standard InChI is InChI=1S/C16H29N5O6S/c22-14-17-1-5-25-7-9-27-10-8-26-6-2-21-16(23)15(18-19-21)13-20-3-11-28(24)12-4-20/h14,19H,1-13H2,(H,17,22). The minimum absolute atomic E-state index is 0.146. The molecule has 11 nitrogen and oxygen atoms in total. The molecule has 0 unspecified atom stereocenters. The van der Waals surface area contributed by atoms with Gasteiger partial charge in [0.1, 0.15) is 5.69 Å². The lowest BCUT2D eigenvalue weighted by molar-refractivity contribution is -0.109. The molecule has 1 amide bonds. The average Bonchev–Trinajstić information content (AvgIpc) is 3.04. The first-order valence-corrected chi connectivity index (χ1v) is 10.8. The smallest absolute Gasteiger partial charge is 0.291 e. The molecule has 1 aliphatic heterocycles. The van der Waals surface area contributed by atoms with E-state index in [4.69, 9.17) is 14.2 Å². The number of hydrogen-bond donors (Lipinski definition) is 2. The van der Waals surface area contributed by atoms with E-state index in [0.717, 1.165) is 13.1 Å². The molecule has 12 heteroatoms. The lowest BCUT2D eigenvalue weighted by Crippen LogP contribution is -2.38. The Labute approximate surface area is 166 Å². The lowest BCUT2D eigenvalue weighted by Gasteiger charge is -2.24. The van der Waals surface area contributed by atoms with Crippen LogP contribution in [0.1, 0.15) is 5.69 Å². The van der Waals surface area contributed by atoms with Crippen LogP contribution in [0.25, 0.3) is 0 Å². The van der Waals surface area contributed by atoms with Gasteiger partial charge in [0.05, 0.1) is 46.2 Å². The van der Waals surface area contributed by atoms with Crippen LogP contribution in [0.15, 0.2) is 4.79 Å². The predicted molar refractivity (Wildman–Crippen MR) is 103 cm³/mol. The molecule has 1 saturated heterocycles. The minimum Gasteiger partial charge on any atom is -0.377 e. The average molecular weight is 420 g/mol. The molecule has 0 spiro atoms. The highest BCUT2D eigenvalue weighted by molar-refractivity contribution is 7.85. The fourth-order valence-corrected chi connectivity index (χ4v) is 3.69. The molecule has 0 bridgehead atoms. The first kappa shape index (κ1) is 22.7. The Kier molecular flexibility index (Phi) is 11.0. The molecule has 2 rings (SSSR count). The van der Waals surface area contributed by atoms with Crippen LogP contribution in [-0.4, -0.2) is 101 Å². The summed E-state index contributed by atoms with van der Waals surface area (Å²) in [5, 5.41) is 9.32. The first-order valence-electron chi connectivity index (χ1n) is 9.32. The van der Waals surface area contributed by atoms with Gasteiger partial charge in [-0.1, -0.05) is 0 Å². The second kappa shape index (κ2) is 13.6. The van der Waals surface area contributed by atoms with E-state index in [2.05, 4.69) is 20.5 Å². The van der Waals surface area contributed by atoms with Crippen LogP contribution in [-0.2, 0) is 42.9 Å². The fraction of sp³-hybridized carbons (Fsp3) is 0.812. The van der Waals surface area contributed by atoms with Gasteiger partial charge in [-0.25, -0.2) is 9.90 Å². The number of nitrogens with zero attached hydrogens (tertiary/aromatic N) is 3. The zero-order valence-electron chi connectivity index (χ0n) is 16.0. The molecule has 1 aliphatic rings. The number of amides is 1. The number of carbonyl (C=O) groups is 1. The molecule has 2 heterocycles. The molecule has 0 aliphatic carbocycles. The third-order valence-electron chi connectivity index (χ3n) is 4.12. The molecular formula is C16H29N5O6S. The van der Waals surface area contributed by atoms with Crippen molar-refractivity contribution < 1.29 is 23.2 Å². The molecule has 1 aromatic rings. The Balaban J connectivity index is 1.50. The summed E-state index contributed by atoms with van der Waals surface area (Å²) < 4.78 is 28.9. The molecule has 0 radical (unpaired) electrons. The van der Waals surface area contributed by atoms with Crippen molar-refractivity contribution in [1.29, 1.82) is 0 Å². The molecular weight excluding hydrogens is 390 g/mol. The van der Waals surface area contributed by atoms with Crippen LogP contribution in [0.2, 0.25) is 0 Å². The van der Waals surface area contributed by atoms with Crippen LogP contribution in [0.3, 0.4) is 0 Å². The molecule has 2 N–H and O–H groups in total. The van der Waals surface area contributed by atoms with E-state index in [1.165, 1.54) is 4.68 Å². The van der Waals surface area contributed by atoms with E-state index < -0.39 is 10.8 Å². The quantitative estimate of drug-likeness (QED) is 0.245. The lowest BCUT2D eigenvalue weighted by atomic mass is 10.4. The number of ether oxygens (including phenoxy) is 3. The predicted octanol–water partition coefficient (Wildman–Crippen LogP) is -2.07. The first-order chi connectivity index (χ1) is 13.7. The van der Waals surface area contributed by atoms with Gasteiger partial charge in [-0.2, -0.15) is 5.10 Å². The van der Waals surface area contributed by atoms with Crippen molar-refractivity contribution in [3.05, 3.63) is 16.0 Å². The van der Waals surface area contributed by atoms with Crippen LogP contribution in [0.5, 0.6) is 0 Å². The van der Waals surface area contributed by atoms with Gasteiger partial charge in [0.15, 0.2) is 0 Å². The highest BCUT2D eigenvalue weighted by atomic mass is 32.2. The number of aromatic amines is 1. The molecule has 28 heavy (non-hydrogen) atoms. The third kappa shape index (κ3) is 8.61. The van der Waals surface area contributed by atoms with Crippen LogP contribution >= 0.6 is 0 Å². The van der Waals surface area contributed by atoms with E-state index in [-0.39, 0.29) is 5.56 Å². The van der Waals surface area contributed by atoms with Crippen LogP contribution in [0, 0.1) is 0 Å². The Bertz CT molecular complexity index is 642. The number of rotatable bonds is 15. The van der Waals surface area contributed by atoms with Crippen molar-refractivity contribution in [3.63, 3.8) is 0 Å². The normalized spacial score (nSPS) is 15.7. The van der Waals surface area contributed by atoms with Crippen LogP contribution in [0.4, 0.5) is 0 Å². The summed E-state index contributed by atoms with van der Waals surface area (Å²) in [5.41, 5.74) is 0.326. The Hall–Kier alpha value is -1.60. The van der Waals surface area contributed by atoms with Crippen molar-refractivity contribution in [2.45, 2.75) is 13.1 Å². The summed E-state index contributed by atoms with van der Waals surface area (Å²) >= 11 is 0. The van der Waals surface area contributed by atoms with Gasteiger partial charge in [0.25, 0.3) is 5.56 Å². The van der Waals surface area contributed by atoms with Gasteiger partial charge in [-0.15, -0.1) is 0 Å². The maximum absolute atomic E-state index is 12.3. The largest absolute Gasteiger partial charge is 0.377 e. The fourth-order valence-electron chi connectivity index (χ4n) is 2.56. The van der Waals surface area contributed by atoms with Gasteiger partial charge < -0.3 is 19.5 Å². The number of H-pyrrole nitrogens is 1. The maximum Gasteiger partial charge on any atom is 0.291 e. The molecule has 0 aromatic carbocycles. The van der Waals surface area contributed by atoms with E-state index in [1.54, 1.807) is 0 Å². The maximum atomic E-state index is 12.3. The summed E-state index contributed by atoms with van der Waals surface area (Å²) in [4.78, 5) is 24.4. The highest BCUT2D eigenvalue weighted by Crippen LogP contribution is 2.03. The topological polar surface area (TPSA) is 128 Å². The Morgan fingerprint density at radius 2 is 1.71 bits per heavy atom. The van der Waals surface area contributed by atoms with E-state index in [0.29, 0.717) is 82.9 Å². The van der Waals surface area contributed by atoms with Gasteiger partial charge in [0, 0.05) is 48.5 Å². The van der Waals surface area contributed by atoms with E-state index >= 15 is 0 Å². The second-order valence-electron chi connectivity index (χ2n) is 6.15. The van der Waals surface area contributed by atoms with Gasteiger partial charge in [-0.3, -0.25) is 18.7 Å². The number of nitrogens with one attached hydrogen (secondary N) is 2. The van der Waals surface area contributed by atoms with E-state index in [1.807, 2.05) is 0 Å². The molecule has 0 atom stereocenters. The summed E-state index contributed by atoms with van der Waals surface area (Å²) in [5.74, 6) is 1.30. The molecule has 160 valence electrons. The minimum atomic E-state index is -0.732. The van der Waals surface area contributed by atoms with Crippen molar-refractivity contribution in [2.75, 3.05) is 70.8 Å². The summed E-state index contributed by atoms with van der Waals surface area (Å²) in [6, 6.07) is 0. The van der Waals surface area contributed by atoms with Crippen molar-refractivity contribution in [2.24, 2.45) is 0 Å². The molecule has 0 saturated carbocycles. The summed E-state index contributed by atoms with van der Waals surface area (Å²) in [7, 11) is -0.732. The summed E-state index contributed by atoms with van der Waals surface area (Å²) in [6.45, 7) is 5.41. The summed E-state index contributed by atoms with van der Waals surface area (Å²) in [6.07, 6.45) is 0.633. The van der Waals surface area contributed by atoms with Gasteiger partial charge in [-0.05, 0) is 0 Å². The molecule has 1 fully saturated rings. The van der Waals surface area contributed by atoms with Crippen molar-refractivity contribution in [3.8, 4) is 0 Å². The Morgan fingerprint density at radius 1 is 1.07 bits per heavy atom. The number of carbonyl (C=O) groups excluding carboxylic acids is 1. The van der Waals surface area contributed by atoms with E-state index in [9.17, 15) is 13.8 Å².